The third-order valence-electron chi connectivity index (χ3n) is 7.70. The first-order chi connectivity index (χ1) is 21.1. The van der Waals surface area contributed by atoms with Gasteiger partial charge < -0.3 is 15.2 Å². The van der Waals surface area contributed by atoms with Crippen LogP contribution in [0.25, 0.3) is 22.3 Å². The molecule has 4 aromatic carbocycles. The lowest BCUT2D eigenvalue weighted by molar-refractivity contribution is -0.139. The summed E-state index contributed by atoms with van der Waals surface area (Å²) < 4.78 is 19.9. The summed E-state index contributed by atoms with van der Waals surface area (Å²) in [7, 11) is 1.97. The monoisotopic (exact) mass is 617 g/mol. The molecule has 4 nitrogen and oxygen atoms in total. The predicted octanol–water partition coefficient (Wildman–Crippen LogP) is 10.8. The molecule has 0 saturated carbocycles. The molecule has 236 valence electrons. The Kier molecular flexibility index (Phi) is 15.0. The Hall–Kier alpha value is -3.77. The van der Waals surface area contributed by atoms with Gasteiger partial charge in [-0.3, -0.25) is 0 Å². The van der Waals surface area contributed by atoms with Crippen LogP contribution in [-0.2, 0) is 10.2 Å². The number of hydrogen-bond acceptors (Lipinski definition) is 4. The van der Waals surface area contributed by atoms with Crippen molar-refractivity contribution in [2.45, 2.75) is 77.5 Å². The van der Waals surface area contributed by atoms with E-state index in [4.69, 9.17) is 9.84 Å². The number of carbonyl (C=O) groups is 1. The van der Waals surface area contributed by atoms with Crippen LogP contribution < -0.4 is 10.1 Å². The molecule has 1 unspecified atom stereocenters. The number of nitrogens with one attached hydrogen (secondary N) is 1. The van der Waals surface area contributed by atoms with Gasteiger partial charge in [0.25, 0.3) is 0 Å². The molecular weight excluding hydrogens is 569 g/mol. The highest BCUT2D eigenvalue weighted by Gasteiger charge is 2.27. The molecular formula is C38H48FNO3S. The number of benzene rings is 4. The average Bonchev–Trinajstić information content (AvgIpc) is 3.04. The first kappa shape index (κ1) is 36.4. The number of halogens is 1. The van der Waals surface area contributed by atoms with Crippen molar-refractivity contribution in [2.75, 3.05) is 19.0 Å². The number of anilines is 1. The van der Waals surface area contributed by atoms with E-state index in [9.17, 15) is 9.18 Å². The van der Waals surface area contributed by atoms with Gasteiger partial charge in [0.1, 0.15) is 11.6 Å². The van der Waals surface area contributed by atoms with Crippen LogP contribution >= 0.6 is 12.6 Å². The number of ether oxygens (including phenoxy) is 1. The van der Waals surface area contributed by atoms with E-state index in [2.05, 4.69) is 56.9 Å². The van der Waals surface area contributed by atoms with E-state index >= 15 is 0 Å². The van der Waals surface area contributed by atoms with Gasteiger partial charge in [0, 0.05) is 23.2 Å². The highest BCUT2D eigenvalue weighted by Crippen LogP contribution is 2.40. The maximum atomic E-state index is 14.9. The third-order valence-corrected chi connectivity index (χ3v) is 7.98. The van der Waals surface area contributed by atoms with Crippen LogP contribution in [0, 0.1) is 12.7 Å². The average molecular weight is 618 g/mol. The minimum atomic E-state index is -0.977. The van der Waals surface area contributed by atoms with Crippen molar-refractivity contribution in [3.63, 3.8) is 0 Å². The Morgan fingerprint density at radius 3 is 2.16 bits per heavy atom. The lowest BCUT2D eigenvalue weighted by atomic mass is 9.74. The van der Waals surface area contributed by atoms with Crippen LogP contribution in [0.15, 0.2) is 89.8 Å². The zero-order valence-electron chi connectivity index (χ0n) is 27.2. The van der Waals surface area contributed by atoms with E-state index in [-0.39, 0.29) is 17.8 Å². The third kappa shape index (κ3) is 10.2. The lowest BCUT2D eigenvalue weighted by Crippen LogP contribution is -2.22. The Labute approximate surface area is 269 Å². The maximum absolute atomic E-state index is 14.9. The standard InChI is InChI=1S/C27H32FN.C9H10O3S.C2H6/c1-5-7-17-27(3,6-2)24-18-21(14-16-26(24)29-4)22-13-15-23(25(28)19-22)20-11-9-8-10-12-20;1-6-4-7(13)2-3-8(6)12-5-9(10)11;1-2/h8-16,18-19,29H,5-7,17H2,1-4H3;2-4,13H,5H2,1H3,(H,10,11);1-2H3. The number of aryl methyl sites for hydroxylation is 1. The number of carboxylic acid groups (broad SMARTS) is 1. The summed E-state index contributed by atoms with van der Waals surface area (Å²) in [5, 5.41) is 11.7. The van der Waals surface area contributed by atoms with Gasteiger partial charge in [-0.1, -0.05) is 96.0 Å². The second kappa shape index (κ2) is 18.1. The summed E-state index contributed by atoms with van der Waals surface area (Å²) in [4.78, 5) is 11.0. The second-order valence-electron chi connectivity index (χ2n) is 10.7. The van der Waals surface area contributed by atoms with Gasteiger partial charge in [0.05, 0.1) is 0 Å². The summed E-state index contributed by atoms with van der Waals surface area (Å²) in [6.45, 7) is 12.4. The van der Waals surface area contributed by atoms with Crippen molar-refractivity contribution in [3.8, 4) is 28.0 Å². The van der Waals surface area contributed by atoms with Gasteiger partial charge in [0.15, 0.2) is 6.61 Å². The lowest BCUT2D eigenvalue weighted by Gasteiger charge is -2.31. The molecule has 0 aliphatic carbocycles. The quantitative estimate of drug-likeness (QED) is 0.147. The Bertz CT molecular complexity index is 1470. The number of rotatable bonds is 11. The zero-order valence-corrected chi connectivity index (χ0v) is 28.1. The van der Waals surface area contributed by atoms with Crippen molar-refractivity contribution in [1.82, 2.24) is 0 Å². The van der Waals surface area contributed by atoms with E-state index in [0.29, 0.717) is 11.3 Å². The number of aliphatic carboxylic acids is 1. The van der Waals surface area contributed by atoms with Crippen molar-refractivity contribution in [3.05, 3.63) is 102 Å². The second-order valence-corrected chi connectivity index (χ2v) is 11.2. The Morgan fingerprint density at radius 2 is 1.59 bits per heavy atom. The molecule has 44 heavy (non-hydrogen) atoms. The molecule has 0 fully saturated rings. The van der Waals surface area contributed by atoms with Crippen molar-refractivity contribution < 1.29 is 19.0 Å². The van der Waals surface area contributed by atoms with Gasteiger partial charge >= 0.3 is 5.97 Å². The van der Waals surface area contributed by atoms with Crippen LogP contribution in [0.4, 0.5) is 10.1 Å². The Morgan fingerprint density at radius 1 is 0.932 bits per heavy atom. The minimum absolute atomic E-state index is 0.104. The van der Waals surface area contributed by atoms with Gasteiger partial charge in [-0.2, -0.15) is 0 Å². The van der Waals surface area contributed by atoms with E-state index in [1.807, 2.05) is 76.3 Å². The highest BCUT2D eigenvalue weighted by atomic mass is 32.1. The molecule has 0 heterocycles. The van der Waals surface area contributed by atoms with Gasteiger partial charge in [-0.05, 0) is 89.4 Å². The molecule has 1 atom stereocenters. The smallest absolute Gasteiger partial charge is 0.341 e. The minimum Gasteiger partial charge on any atom is -0.482 e. The fourth-order valence-corrected chi connectivity index (χ4v) is 5.26. The van der Waals surface area contributed by atoms with Crippen LogP contribution in [0.5, 0.6) is 5.75 Å². The SMILES string of the molecule is CC.CCCCC(C)(CC)c1cc(-c2ccc(-c3ccccc3)c(F)c2)ccc1NC.Cc1cc(S)ccc1OCC(=O)O. The number of thiol groups is 1. The normalized spacial score (nSPS) is 11.7. The molecule has 0 radical (unpaired) electrons. The Balaban J connectivity index is 0.000000376. The van der Waals surface area contributed by atoms with Crippen LogP contribution in [-0.4, -0.2) is 24.7 Å². The first-order valence-corrected chi connectivity index (χ1v) is 15.9. The van der Waals surface area contributed by atoms with Crippen LogP contribution in [0.2, 0.25) is 0 Å². The van der Waals surface area contributed by atoms with E-state index in [1.54, 1.807) is 18.2 Å². The van der Waals surface area contributed by atoms with Crippen LogP contribution in [0.1, 0.15) is 71.4 Å². The summed E-state index contributed by atoms with van der Waals surface area (Å²) in [6.07, 6.45) is 4.63. The molecule has 0 aliphatic heterocycles. The summed E-state index contributed by atoms with van der Waals surface area (Å²) >= 11 is 4.14. The van der Waals surface area contributed by atoms with Gasteiger partial charge in [-0.15, -0.1) is 12.6 Å². The largest absolute Gasteiger partial charge is 0.482 e. The maximum Gasteiger partial charge on any atom is 0.341 e. The number of hydrogen-bond donors (Lipinski definition) is 3. The van der Waals surface area contributed by atoms with Gasteiger partial charge in [-0.25, -0.2) is 9.18 Å². The molecule has 2 N–H and O–H groups in total. The molecule has 0 aromatic heterocycles. The molecule has 0 aliphatic rings. The number of carboxylic acids is 1. The fourth-order valence-electron chi connectivity index (χ4n) is 4.99. The van der Waals surface area contributed by atoms with E-state index in [0.717, 1.165) is 45.7 Å². The summed E-state index contributed by atoms with van der Waals surface area (Å²) in [5.41, 5.74) is 7.00. The summed E-state index contributed by atoms with van der Waals surface area (Å²) in [6, 6.07) is 27.0. The molecule has 4 rings (SSSR count). The van der Waals surface area contributed by atoms with E-state index in [1.165, 1.54) is 18.4 Å². The summed E-state index contributed by atoms with van der Waals surface area (Å²) in [5.74, 6) is -0.577. The van der Waals surface area contributed by atoms with E-state index < -0.39 is 5.97 Å². The highest BCUT2D eigenvalue weighted by molar-refractivity contribution is 7.80. The van der Waals surface area contributed by atoms with Crippen molar-refractivity contribution in [1.29, 1.82) is 0 Å². The zero-order chi connectivity index (χ0) is 32.7. The van der Waals surface area contributed by atoms with Crippen molar-refractivity contribution in [2.24, 2.45) is 0 Å². The molecule has 0 amide bonds. The molecule has 0 bridgehead atoms. The fraction of sp³-hybridized carbons (Fsp3) is 0.342. The van der Waals surface area contributed by atoms with Crippen LogP contribution in [0.3, 0.4) is 0 Å². The van der Waals surface area contributed by atoms with Crippen molar-refractivity contribution >= 4 is 24.3 Å². The predicted molar refractivity (Wildman–Crippen MR) is 187 cm³/mol. The van der Waals surface area contributed by atoms with Gasteiger partial charge in [0.2, 0.25) is 0 Å². The molecule has 0 spiro atoms. The topological polar surface area (TPSA) is 58.6 Å². The number of unbranched alkanes of at least 4 members (excludes halogenated alkanes) is 1. The molecule has 0 saturated heterocycles. The molecule has 6 heteroatoms. The molecule has 4 aromatic rings. The first-order valence-electron chi connectivity index (χ1n) is 15.4.